The molecule has 7 aromatic rings. The first-order valence-corrected chi connectivity index (χ1v) is 35.9. The van der Waals surface area contributed by atoms with E-state index in [4.69, 9.17) is 27.7 Å². The molecule has 5 heterocycles. The summed E-state index contributed by atoms with van der Waals surface area (Å²) < 4.78 is 37.5. The SMILES string of the molecule is CCCCCCCCCCCCOC(=O)c1c2cc(-c3ccc(-c4c(OCCCCCCCC)c(OCCCCCCCC)c(C)c5nsnc45)s3)sc2c(C(=O)OCCCCCCCCCCCC)c2cc(-c3ccc(C)s3)sc12. The van der Waals surface area contributed by atoms with Crippen LogP contribution in [0.15, 0.2) is 36.4 Å². The molecule has 0 amide bonds. The van der Waals surface area contributed by atoms with Gasteiger partial charge in [-0.1, -0.05) is 207 Å². The lowest BCUT2D eigenvalue weighted by Crippen LogP contribution is -2.11. The molecule has 0 unspecified atom stereocenters. The minimum absolute atomic E-state index is 0.336. The molecule has 7 rings (SSSR count). The van der Waals surface area contributed by atoms with Crippen molar-refractivity contribution in [2.45, 2.75) is 247 Å². The Morgan fingerprint density at radius 2 is 0.765 bits per heavy atom. The average Bonchev–Trinajstić information content (AvgIpc) is 4.46. The van der Waals surface area contributed by atoms with Crippen LogP contribution in [0.1, 0.15) is 264 Å². The highest BCUT2D eigenvalue weighted by molar-refractivity contribution is 7.28. The molecule has 0 aliphatic heterocycles. The summed E-state index contributed by atoms with van der Waals surface area (Å²) in [7, 11) is 0. The number of carbonyl (C=O) groups is 2. The van der Waals surface area contributed by atoms with E-state index in [1.807, 2.05) is 0 Å². The highest BCUT2D eigenvalue weighted by Crippen LogP contribution is 2.52. The van der Waals surface area contributed by atoms with Crippen molar-refractivity contribution in [2.24, 2.45) is 0 Å². The molecule has 0 fully saturated rings. The van der Waals surface area contributed by atoms with E-state index >= 15 is 0 Å². The Morgan fingerprint density at radius 3 is 1.20 bits per heavy atom. The fraction of sp³-hybridized carbons (Fsp3) is 0.618. The van der Waals surface area contributed by atoms with E-state index < -0.39 is 0 Å². The second kappa shape index (κ2) is 36.1. The van der Waals surface area contributed by atoms with E-state index in [1.165, 1.54) is 158 Å². The van der Waals surface area contributed by atoms with Crippen LogP contribution < -0.4 is 9.47 Å². The van der Waals surface area contributed by atoms with Gasteiger partial charge in [-0.2, -0.15) is 8.75 Å². The minimum Gasteiger partial charge on any atom is -0.489 e. The van der Waals surface area contributed by atoms with Gasteiger partial charge >= 0.3 is 11.9 Å². The van der Waals surface area contributed by atoms with Crippen molar-refractivity contribution >= 4 is 100 Å². The number of benzene rings is 2. The number of thiophene rings is 4. The normalized spacial score (nSPS) is 11.7. The molecule has 0 atom stereocenters. The van der Waals surface area contributed by atoms with Crippen LogP contribution in [0, 0.1) is 13.8 Å². The molecule has 2 aromatic carbocycles. The smallest absolute Gasteiger partial charge is 0.340 e. The predicted octanol–water partition coefficient (Wildman–Crippen LogP) is 23.5. The van der Waals surface area contributed by atoms with E-state index in [-0.39, 0.29) is 11.9 Å². The van der Waals surface area contributed by atoms with Crippen molar-refractivity contribution in [1.82, 2.24) is 8.75 Å². The fourth-order valence-corrected chi connectivity index (χ4v) is 16.1. The maximum absolute atomic E-state index is 14.8. The lowest BCUT2D eigenvalue weighted by atomic mass is 10.0. The summed E-state index contributed by atoms with van der Waals surface area (Å²) >= 11 is 7.77. The number of hydrogen-bond acceptors (Lipinski definition) is 13. The van der Waals surface area contributed by atoms with E-state index in [2.05, 4.69) is 77.9 Å². The number of aryl methyl sites for hydroxylation is 2. The molecule has 5 aromatic heterocycles. The number of aromatic nitrogens is 2. The van der Waals surface area contributed by atoms with Gasteiger partial charge in [-0.25, -0.2) is 9.59 Å². The molecular formula is C68H96N2O6S5. The minimum atomic E-state index is -0.336. The number of rotatable bonds is 43. The molecule has 0 radical (unpaired) electrons. The van der Waals surface area contributed by atoms with Crippen LogP contribution in [-0.4, -0.2) is 47.1 Å². The number of esters is 2. The summed E-state index contributed by atoms with van der Waals surface area (Å²) in [6.07, 6.45) is 38.2. The van der Waals surface area contributed by atoms with Crippen molar-refractivity contribution in [3.05, 3.63) is 58.0 Å². The Balaban J connectivity index is 1.23. The monoisotopic (exact) mass is 1200 g/mol. The Bertz CT molecular complexity index is 2870. The zero-order chi connectivity index (χ0) is 57.0. The van der Waals surface area contributed by atoms with Gasteiger partial charge in [0.25, 0.3) is 0 Å². The van der Waals surface area contributed by atoms with Gasteiger partial charge in [-0.05, 0) is 75.9 Å². The third-order valence-electron chi connectivity index (χ3n) is 15.7. The second-order valence-corrected chi connectivity index (χ2v) is 27.5. The lowest BCUT2D eigenvalue weighted by molar-refractivity contribution is 0.0490. The van der Waals surface area contributed by atoms with Crippen molar-refractivity contribution in [1.29, 1.82) is 0 Å². The van der Waals surface area contributed by atoms with E-state index in [1.54, 1.807) is 45.3 Å². The van der Waals surface area contributed by atoms with Crippen LogP contribution in [0.4, 0.5) is 0 Å². The summed E-state index contributed by atoms with van der Waals surface area (Å²) in [5, 5.41) is 1.49. The third kappa shape index (κ3) is 19.1. The van der Waals surface area contributed by atoms with E-state index in [0.717, 1.165) is 142 Å². The first-order valence-electron chi connectivity index (χ1n) is 31.9. The number of fused-ring (bicyclic) bond motifs is 3. The largest absolute Gasteiger partial charge is 0.489 e. The van der Waals surface area contributed by atoms with Gasteiger partial charge in [0.15, 0.2) is 11.5 Å². The highest BCUT2D eigenvalue weighted by atomic mass is 32.1. The number of unbranched alkanes of at least 4 members (excludes halogenated alkanes) is 28. The Morgan fingerprint density at radius 1 is 0.395 bits per heavy atom. The van der Waals surface area contributed by atoms with Crippen molar-refractivity contribution in [3.63, 3.8) is 0 Å². The maximum atomic E-state index is 14.8. The van der Waals surface area contributed by atoms with Crippen LogP contribution in [0.25, 0.3) is 61.2 Å². The molecule has 0 aliphatic carbocycles. The highest BCUT2D eigenvalue weighted by Gasteiger charge is 2.30. The van der Waals surface area contributed by atoms with Gasteiger partial charge in [0.1, 0.15) is 11.0 Å². The Hall–Kier alpha value is -3.88. The van der Waals surface area contributed by atoms with Crippen molar-refractivity contribution in [2.75, 3.05) is 26.4 Å². The van der Waals surface area contributed by atoms with Gasteiger partial charge in [0, 0.05) is 45.6 Å². The molecular weight excluding hydrogens is 1100 g/mol. The van der Waals surface area contributed by atoms with Crippen LogP contribution in [0.3, 0.4) is 0 Å². The fourth-order valence-electron chi connectivity index (χ4n) is 11.0. The van der Waals surface area contributed by atoms with Crippen LogP contribution >= 0.6 is 57.1 Å². The van der Waals surface area contributed by atoms with Crippen LogP contribution in [0.2, 0.25) is 0 Å². The number of ether oxygens (including phenoxy) is 4. The molecule has 0 bridgehead atoms. The molecule has 0 N–H and O–H groups in total. The summed E-state index contributed by atoms with van der Waals surface area (Å²) in [4.78, 5) is 36.0. The zero-order valence-corrected chi connectivity index (χ0v) is 54.4. The van der Waals surface area contributed by atoms with Crippen LogP contribution in [0.5, 0.6) is 11.5 Å². The molecule has 8 nitrogen and oxygen atoms in total. The van der Waals surface area contributed by atoms with Crippen molar-refractivity contribution in [3.8, 4) is 41.4 Å². The van der Waals surface area contributed by atoms with Crippen LogP contribution in [-0.2, 0) is 9.47 Å². The summed E-state index contributed by atoms with van der Waals surface area (Å²) in [6.45, 7) is 15.2. The summed E-state index contributed by atoms with van der Waals surface area (Å²) in [6, 6.07) is 12.9. The molecule has 0 saturated carbocycles. The topological polar surface area (TPSA) is 96.8 Å². The predicted molar refractivity (Wildman–Crippen MR) is 352 cm³/mol. The first-order chi connectivity index (χ1) is 39.8. The zero-order valence-electron chi connectivity index (χ0n) is 50.3. The number of carbonyl (C=O) groups excluding carboxylic acids is 2. The summed E-state index contributed by atoms with van der Waals surface area (Å²) in [5.41, 5.74) is 4.61. The van der Waals surface area contributed by atoms with Gasteiger partial charge < -0.3 is 18.9 Å². The quantitative estimate of drug-likeness (QED) is 0.0275. The number of hydrogen-bond donors (Lipinski definition) is 0. The van der Waals surface area contributed by atoms with Crippen molar-refractivity contribution < 1.29 is 28.5 Å². The number of nitrogens with zero attached hydrogens (tertiary/aromatic N) is 2. The molecule has 0 spiro atoms. The molecule has 444 valence electrons. The van der Waals surface area contributed by atoms with Gasteiger partial charge in [0.05, 0.1) is 64.2 Å². The van der Waals surface area contributed by atoms with Gasteiger partial charge in [0.2, 0.25) is 0 Å². The molecule has 13 heteroatoms. The Labute approximate surface area is 506 Å². The second-order valence-electron chi connectivity index (χ2n) is 22.5. The molecule has 0 saturated heterocycles. The van der Waals surface area contributed by atoms with Gasteiger partial charge in [-0.15, -0.1) is 45.3 Å². The lowest BCUT2D eigenvalue weighted by Gasteiger charge is -2.19. The molecule has 81 heavy (non-hydrogen) atoms. The average molecular weight is 1200 g/mol. The first kappa shape index (κ1) is 64.7. The standard InChI is InChI=1S/C68H96N2O6S5/c1-7-11-15-19-23-25-27-29-33-37-45-75-67(71)58-51-47-56(53-40-39-49(5)77-53)79-65(51)59(68(72)76-46-38-34-30-28-26-24-20-16-12-8-2)52-48-57(80-66(52)58)54-41-42-55(78-54)60-62-61(69-81-70-62)50(6)63(73-43-35-31-21-17-13-9-3)64(60)74-44-36-32-22-18-14-10-4/h39-42,47-48H,7-38,43-46H2,1-6H3. The molecule has 0 aliphatic rings. The van der Waals surface area contributed by atoms with E-state index in [0.29, 0.717) is 37.6 Å². The maximum Gasteiger partial charge on any atom is 0.340 e. The Kier molecular flexibility index (Phi) is 28.8. The van der Waals surface area contributed by atoms with E-state index in [9.17, 15) is 9.59 Å². The third-order valence-corrected chi connectivity index (χ3v) is 21.1. The summed E-state index contributed by atoms with van der Waals surface area (Å²) in [5.74, 6) is 0.836. The van der Waals surface area contributed by atoms with Gasteiger partial charge in [-0.3, -0.25) is 0 Å².